The van der Waals surface area contributed by atoms with E-state index < -0.39 is 10.0 Å². The first kappa shape index (κ1) is 25.4. The van der Waals surface area contributed by atoms with E-state index in [1.165, 1.54) is 18.4 Å². The Balaban J connectivity index is 1.32. The molecule has 0 atom stereocenters. The summed E-state index contributed by atoms with van der Waals surface area (Å²) in [4.78, 5) is 12.6. The maximum Gasteiger partial charge on any atom is 0.271 e. The summed E-state index contributed by atoms with van der Waals surface area (Å²) in [6.45, 7) is 1.79. The standard InChI is InChI=1S/C24H24N6O4S2/c1-17(19-9-11-22(12-10-19)36(32,33)26-14-21-4-3-13-34-21)27-28-23(31)20-7-5-18(6-8-20)15-35-24-29-25-16-30(24)2/h3-13,16,26H,14-15H2,1-2H3,(H,28,31). The van der Waals surface area contributed by atoms with Crippen LogP contribution in [-0.4, -0.2) is 34.8 Å². The lowest BCUT2D eigenvalue weighted by Gasteiger charge is -2.07. The Labute approximate surface area is 212 Å². The summed E-state index contributed by atoms with van der Waals surface area (Å²) >= 11 is 1.56. The number of thioether (sulfide) groups is 1. The van der Waals surface area contributed by atoms with E-state index in [9.17, 15) is 13.2 Å². The van der Waals surface area contributed by atoms with Gasteiger partial charge in [-0.1, -0.05) is 36.0 Å². The molecule has 12 heteroatoms. The zero-order valence-corrected chi connectivity index (χ0v) is 21.2. The molecule has 2 heterocycles. The lowest BCUT2D eigenvalue weighted by atomic mass is 10.1. The van der Waals surface area contributed by atoms with E-state index in [-0.39, 0.29) is 17.3 Å². The second kappa shape index (κ2) is 11.3. The summed E-state index contributed by atoms with van der Waals surface area (Å²) in [5.41, 5.74) is 5.28. The molecule has 0 aliphatic heterocycles. The van der Waals surface area contributed by atoms with Crippen LogP contribution in [0.1, 0.15) is 34.2 Å². The lowest BCUT2D eigenvalue weighted by molar-refractivity contribution is 0.0955. The first-order valence-electron chi connectivity index (χ1n) is 10.8. The van der Waals surface area contributed by atoms with E-state index in [4.69, 9.17) is 4.42 Å². The Kier molecular flexibility index (Phi) is 7.98. The topological polar surface area (TPSA) is 131 Å². The number of benzene rings is 2. The second-order valence-corrected chi connectivity index (χ2v) is 10.5. The van der Waals surface area contributed by atoms with Crippen molar-refractivity contribution in [2.45, 2.75) is 29.3 Å². The fourth-order valence-corrected chi connectivity index (χ4v) is 4.94. The van der Waals surface area contributed by atoms with Gasteiger partial charge in [-0.05, 0) is 54.4 Å². The van der Waals surface area contributed by atoms with Crippen molar-refractivity contribution in [1.82, 2.24) is 24.9 Å². The Hall–Kier alpha value is -3.74. The predicted octanol–water partition coefficient (Wildman–Crippen LogP) is 3.33. The SMILES string of the molecule is CC(=NNC(=O)c1ccc(CSc2nncn2C)cc1)c1ccc(S(=O)(=O)NCc2ccco2)cc1. The first-order valence-corrected chi connectivity index (χ1v) is 13.3. The predicted molar refractivity (Wildman–Crippen MR) is 136 cm³/mol. The van der Waals surface area contributed by atoms with Crippen LogP contribution in [0.2, 0.25) is 0 Å². The number of nitrogens with zero attached hydrogens (tertiary/aromatic N) is 4. The van der Waals surface area contributed by atoms with Gasteiger partial charge in [0.25, 0.3) is 5.91 Å². The van der Waals surface area contributed by atoms with E-state index in [0.29, 0.717) is 28.4 Å². The summed E-state index contributed by atoms with van der Waals surface area (Å²) in [7, 11) is -1.81. The molecule has 0 aliphatic carbocycles. The monoisotopic (exact) mass is 524 g/mol. The maximum atomic E-state index is 12.5. The van der Waals surface area contributed by atoms with Crippen LogP contribution in [0.5, 0.6) is 0 Å². The van der Waals surface area contributed by atoms with Gasteiger partial charge in [-0.25, -0.2) is 18.6 Å². The molecule has 0 aliphatic rings. The average Bonchev–Trinajstić information content (AvgIpc) is 3.56. The van der Waals surface area contributed by atoms with Crippen LogP contribution < -0.4 is 10.1 Å². The summed E-state index contributed by atoms with van der Waals surface area (Å²) in [5, 5.41) is 12.9. The molecule has 1 amide bonds. The molecule has 0 radical (unpaired) electrons. The van der Waals surface area contributed by atoms with Crippen molar-refractivity contribution in [3.8, 4) is 0 Å². The fraction of sp³-hybridized carbons (Fsp3) is 0.167. The van der Waals surface area contributed by atoms with Crippen molar-refractivity contribution >= 4 is 33.4 Å². The Bertz CT molecular complexity index is 1450. The molecule has 4 rings (SSSR count). The van der Waals surface area contributed by atoms with Gasteiger partial charge in [-0.3, -0.25) is 4.79 Å². The number of carbonyl (C=O) groups is 1. The first-order chi connectivity index (χ1) is 17.3. The van der Waals surface area contributed by atoms with Crippen LogP contribution in [0.25, 0.3) is 0 Å². The van der Waals surface area contributed by atoms with Crippen molar-refractivity contribution in [3.05, 3.63) is 95.7 Å². The third-order valence-electron chi connectivity index (χ3n) is 5.18. The van der Waals surface area contributed by atoms with E-state index in [2.05, 4.69) is 25.4 Å². The maximum absolute atomic E-state index is 12.5. The number of hydrogen-bond donors (Lipinski definition) is 2. The quantitative estimate of drug-likeness (QED) is 0.185. The molecular weight excluding hydrogens is 500 g/mol. The molecule has 0 spiro atoms. The molecule has 186 valence electrons. The average molecular weight is 525 g/mol. The summed E-state index contributed by atoms with van der Waals surface area (Å²) in [6.07, 6.45) is 3.13. The van der Waals surface area contributed by atoms with Crippen molar-refractivity contribution in [2.75, 3.05) is 0 Å². The molecule has 10 nitrogen and oxygen atoms in total. The Morgan fingerprint density at radius 1 is 1.08 bits per heavy atom. The van der Waals surface area contributed by atoms with Gasteiger partial charge in [-0.15, -0.1) is 10.2 Å². The van der Waals surface area contributed by atoms with Crippen LogP contribution in [0, 0.1) is 0 Å². The van der Waals surface area contributed by atoms with Crippen molar-refractivity contribution in [3.63, 3.8) is 0 Å². The van der Waals surface area contributed by atoms with Crippen LogP contribution in [0.15, 0.2) is 92.8 Å². The highest BCUT2D eigenvalue weighted by molar-refractivity contribution is 7.98. The molecule has 0 bridgehead atoms. The van der Waals surface area contributed by atoms with Crippen molar-refractivity contribution in [2.24, 2.45) is 12.1 Å². The number of hydrazone groups is 1. The number of amides is 1. The minimum Gasteiger partial charge on any atom is -0.468 e. The zero-order valence-electron chi connectivity index (χ0n) is 19.6. The molecular formula is C24H24N6O4S2. The second-order valence-electron chi connectivity index (χ2n) is 7.78. The largest absolute Gasteiger partial charge is 0.468 e. The summed E-state index contributed by atoms with van der Waals surface area (Å²) in [5.74, 6) is 0.878. The minimum absolute atomic E-state index is 0.0605. The molecule has 0 fully saturated rings. The number of carbonyl (C=O) groups excluding carboxylic acids is 1. The number of nitrogens with one attached hydrogen (secondary N) is 2. The number of rotatable bonds is 10. The van der Waals surface area contributed by atoms with Gasteiger partial charge in [0, 0.05) is 18.4 Å². The highest BCUT2D eigenvalue weighted by atomic mass is 32.2. The molecule has 4 aromatic rings. The van der Waals surface area contributed by atoms with Gasteiger partial charge < -0.3 is 8.98 Å². The van der Waals surface area contributed by atoms with Crippen molar-refractivity contribution in [1.29, 1.82) is 0 Å². The van der Waals surface area contributed by atoms with E-state index in [1.807, 2.05) is 23.7 Å². The van der Waals surface area contributed by atoms with Gasteiger partial charge in [0.2, 0.25) is 10.0 Å². The number of aryl methyl sites for hydroxylation is 1. The van der Waals surface area contributed by atoms with Gasteiger partial charge in [0.15, 0.2) is 5.16 Å². The number of aromatic nitrogens is 3. The van der Waals surface area contributed by atoms with Crippen LogP contribution in [-0.2, 0) is 29.4 Å². The molecule has 0 saturated heterocycles. The number of sulfonamides is 1. The third-order valence-corrected chi connectivity index (χ3v) is 7.70. The fourth-order valence-electron chi connectivity index (χ4n) is 3.11. The summed E-state index contributed by atoms with van der Waals surface area (Å²) in [6, 6.07) is 16.9. The Morgan fingerprint density at radius 2 is 1.81 bits per heavy atom. The molecule has 0 saturated carbocycles. The number of furan rings is 1. The zero-order chi connectivity index (χ0) is 25.5. The third kappa shape index (κ3) is 6.47. The minimum atomic E-state index is -3.69. The normalized spacial score (nSPS) is 12.0. The van der Waals surface area contributed by atoms with Gasteiger partial charge >= 0.3 is 0 Å². The molecule has 2 aromatic heterocycles. The molecule has 2 aromatic carbocycles. The van der Waals surface area contributed by atoms with E-state index >= 15 is 0 Å². The van der Waals surface area contributed by atoms with E-state index in [0.717, 1.165) is 10.7 Å². The number of hydrogen-bond acceptors (Lipinski definition) is 8. The van der Waals surface area contributed by atoms with E-state index in [1.54, 1.807) is 61.4 Å². The van der Waals surface area contributed by atoms with Crippen molar-refractivity contribution < 1.29 is 17.6 Å². The highest BCUT2D eigenvalue weighted by Gasteiger charge is 2.15. The summed E-state index contributed by atoms with van der Waals surface area (Å²) < 4.78 is 34.4. The molecule has 36 heavy (non-hydrogen) atoms. The van der Waals surface area contributed by atoms with Gasteiger partial charge in [0.1, 0.15) is 12.1 Å². The van der Waals surface area contributed by atoms with Crippen LogP contribution in [0.3, 0.4) is 0 Å². The lowest BCUT2D eigenvalue weighted by Crippen LogP contribution is -2.23. The smallest absolute Gasteiger partial charge is 0.271 e. The highest BCUT2D eigenvalue weighted by Crippen LogP contribution is 2.20. The van der Waals surface area contributed by atoms with Gasteiger partial charge in [0.05, 0.1) is 23.4 Å². The molecule has 0 unspecified atom stereocenters. The van der Waals surface area contributed by atoms with Crippen LogP contribution >= 0.6 is 11.8 Å². The molecule has 2 N–H and O–H groups in total. The van der Waals surface area contributed by atoms with Crippen LogP contribution in [0.4, 0.5) is 0 Å². The van der Waals surface area contributed by atoms with Gasteiger partial charge in [-0.2, -0.15) is 5.10 Å². The Morgan fingerprint density at radius 3 is 2.44 bits per heavy atom.